The van der Waals surface area contributed by atoms with E-state index in [0.717, 1.165) is 64.1 Å². The summed E-state index contributed by atoms with van der Waals surface area (Å²) in [4.78, 5) is 13.4. The number of guanidine groups is 1. The van der Waals surface area contributed by atoms with Crippen molar-refractivity contribution in [1.82, 2.24) is 15.1 Å². The molecule has 1 aromatic heterocycles. The van der Waals surface area contributed by atoms with E-state index >= 15 is 0 Å². The molecule has 0 bridgehead atoms. The van der Waals surface area contributed by atoms with E-state index < -0.39 is 0 Å². The molecular weight excluding hydrogens is 509 g/mol. The molecule has 1 fully saturated rings. The molecule has 0 amide bonds. The van der Waals surface area contributed by atoms with E-state index in [9.17, 15) is 0 Å². The van der Waals surface area contributed by atoms with Crippen LogP contribution < -0.4 is 15.0 Å². The smallest absolute Gasteiger partial charge is 0.193 e. The van der Waals surface area contributed by atoms with Crippen LogP contribution in [0.15, 0.2) is 40.7 Å². The molecule has 0 unspecified atom stereocenters. The number of hydrogen-bond donors (Lipinski definition) is 1. The summed E-state index contributed by atoms with van der Waals surface area (Å²) in [5.41, 5.74) is 2.69. The maximum atomic E-state index is 5.53. The number of anilines is 1. The Bertz CT molecular complexity index is 834. The van der Waals surface area contributed by atoms with Gasteiger partial charge in [0.25, 0.3) is 0 Å². The summed E-state index contributed by atoms with van der Waals surface area (Å²) in [5, 5.41) is 5.80. The van der Waals surface area contributed by atoms with Crippen LogP contribution in [-0.2, 0) is 13.0 Å². The highest BCUT2D eigenvalue weighted by atomic mass is 127. The molecule has 0 saturated carbocycles. The summed E-state index contributed by atoms with van der Waals surface area (Å²) < 4.78 is 5.53. The maximum absolute atomic E-state index is 5.53. The highest BCUT2D eigenvalue weighted by molar-refractivity contribution is 14.0. The third-order valence-electron chi connectivity index (χ3n) is 5.81. The molecule has 164 valence electrons. The van der Waals surface area contributed by atoms with Gasteiger partial charge in [-0.25, -0.2) is 0 Å². The first-order chi connectivity index (χ1) is 14.3. The van der Waals surface area contributed by atoms with E-state index in [1.165, 1.54) is 17.7 Å². The lowest BCUT2D eigenvalue weighted by molar-refractivity contribution is 0.258. The van der Waals surface area contributed by atoms with Crippen molar-refractivity contribution in [3.8, 4) is 5.75 Å². The predicted octanol–water partition coefficient (Wildman–Crippen LogP) is 3.13. The van der Waals surface area contributed by atoms with Crippen molar-refractivity contribution in [2.45, 2.75) is 13.0 Å². The standard InChI is InChI=1S/C22H31N5OS.HI/c1-23-22(24-9-11-25-10-7-21-18(17-25)8-16-29-21)27-14-12-26(13-15-27)19-5-3-4-6-20(19)28-2;/h3-6,8,16H,7,9-15,17H2,1-2H3,(H,23,24);1H. The lowest BCUT2D eigenvalue weighted by atomic mass is 10.1. The van der Waals surface area contributed by atoms with Gasteiger partial charge in [-0.1, -0.05) is 12.1 Å². The van der Waals surface area contributed by atoms with Crippen molar-refractivity contribution >= 4 is 47.0 Å². The number of benzene rings is 1. The number of rotatable bonds is 5. The van der Waals surface area contributed by atoms with Gasteiger partial charge in [-0.15, -0.1) is 35.3 Å². The molecule has 0 radical (unpaired) electrons. The van der Waals surface area contributed by atoms with Crippen LogP contribution >= 0.6 is 35.3 Å². The second-order valence-corrected chi connectivity index (χ2v) is 8.52. The van der Waals surface area contributed by atoms with E-state index in [1.807, 2.05) is 30.5 Å². The van der Waals surface area contributed by atoms with Gasteiger partial charge in [0.1, 0.15) is 5.75 Å². The van der Waals surface area contributed by atoms with E-state index in [-0.39, 0.29) is 24.0 Å². The topological polar surface area (TPSA) is 43.3 Å². The van der Waals surface area contributed by atoms with Crippen molar-refractivity contribution in [1.29, 1.82) is 0 Å². The van der Waals surface area contributed by atoms with Gasteiger partial charge in [-0.05, 0) is 35.6 Å². The Hall–Kier alpha value is -1.52. The van der Waals surface area contributed by atoms with Gasteiger partial charge in [0.05, 0.1) is 12.8 Å². The Morgan fingerprint density at radius 2 is 1.93 bits per heavy atom. The van der Waals surface area contributed by atoms with E-state index in [0.29, 0.717) is 0 Å². The number of para-hydroxylation sites is 2. The molecule has 1 N–H and O–H groups in total. The van der Waals surface area contributed by atoms with Crippen LogP contribution in [0, 0.1) is 0 Å². The summed E-state index contributed by atoms with van der Waals surface area (Å²) in [6.07, 6.45) is 1.19. The minimum Gasteiger partial charge on any atom is -0.495 e. The molecule has 0 aliphatic carbocycles. The largest absolute Gasteiger partial charge is 0.495 e. The lowest BCUT2D eigenvalue weighted by Gasteiger charge is -2.38. The Labute approximate surface area is 200 Å². The first-order valence-electron chi connectivity index (χ1n) is 10.4. The molecule has 2 aromatic rings. The van der Waals surface area contributed by atoms with Gasteiger partial charge >= 0.3 is 0 Å². The van der Waals surface area contributed by atoms with Crippen molar-refractivity contribution < 1.29 is 4.74 Å². The fourth-order valence-corrected chi connectivity index (χ4v) is 5.10. The summed E-state index contributed by atoms with van der Waals surface area (Å²) in [7, 11) is 3.62. The van der Waals surface area contributed by atoms with E-state index in [4.69, 9.17) is 4.74 Å². The zero-order valence-corrected chi connectivity index (χ0v) is 21.0. The third kappa shape index (κ3) is 5.39. The first kappa shape index (κ1) is 23.1. The molecular formula is C22H32IN5OS. The number of methoxy groups -OCH3 is 1. The van der Waals surface area contributed by atoms with Gasteiger partial charge < -0.3 is 19.9 Å². The zero-order chi connectivity index (χ0) is 20.1. The molecule has 2 aliphatic rings. The number of aliphatic imine (C=N–C) groups is 1. The van der Waals surface area contributed by atoms with Crippen LogP contribution in [0.4, 0.5) is 5.69 Å². The third-order valence-corrected chi connectivity index (χ3v) is 6.84. The van der Waals surface area contributed by atoms with Gasteiger partial charge in [0.2, 0.25) is 0 Å². The Morgan fingerprint density at radius 1 is 1.13 bits per heavy atom. The van der Waals surface area contributed by atoms with Crippen LogP contribution in [0.1, 0.15) is 10.4 Å². The molecule has 30 heavy (non-hydrogen) atoms. The number of piperazine rings is 1. The fraction of sp³-hybridized carbons (Fsp3) is 0.500. The number of ether oxygens (including phenoxy) is 1. The highest BCUT2D eigenvalue weighted by Gasteiger charge is 2.22. The highest BCUT2D eigenvalue weighted by Crippen LogP contribution is 2.28. The molecule has 2 aliphatic heterocycles. The summed E-state index contributed by atoms with van der Waals surface area (Å²) >= 11 is 1.90. The normalized spacial score (nSPS) is 17.3. The SMILES string of the molecule is CN=C(NCCN1CCc2sccc2C1)N1CCN(c2ccccc2OC)CC1.I. The summed E-state index contributed by atoms with van der Waals surface area (Å²) in [5.74, 6) is 1.96. The molecule has 0 atom stereocenters. The van der Waals surface area contributed by atoms with Gasteiger partial charge in [-0.2, -0.15) is 0 Å². The number of thiophene rings is 1. The van der Waals surface area contributed by atoms with E-state index in [1.54, 1.807) is 12.0 Å². The van der Waals surface area contributed by atoms with Gasteiger partial charge in [-0.3, -0.25) is 9.89 Å². The average Bonchev–Trinajstić information content (AvgIpc) is 3.25. The maximum Gasteiger partial charge on any atom is 0.193 e. The second kappa shape index (κ2) is 11.2. The fourth-order valence-electron chi connectivity index (χ4n) is 4.21. The molecule has 1 saturated heterocycles. The van der Waals surface area contributed by atoms with Crippen molar-refractivity contribution in [3.05, 3.63) is 46.2 Å². The number of nitrogens with zero attached hydrogens (tertiary/aromatic N) is 4. The monoisotopic (exact) mass is 541 g/mol. The van der Waals surface area contributed by atoms with Crippen LogP contribution in [0.2, 0.25) is 0 Å². The minimum absolute atomic E-state index is 0. The molecule has 3 heterocycles. The van der Waals surface area contributed by atoms with Crippen molar-refractivity contribution in [2.75, 3.05) is 64.9 Å². The zero-order valence-electron chi connectivity index (χ0n) is 17.8. The van der Waals surface area contributed by atoms with Gasteiger partial charge in [0, 0.05) is 64.3 Å². The number of halogens is 1. The molecule has 8 heteroatoms. The van der Waals surface area contributed by atoms with Crippen LogP contribution in [-0.4, -0.2) is 75.7 Å². The van der Waals surface area contributed by atoms with Crippen molar-refractivity contribution in [2.24, 2.45) is 4.99 Å². The van der Waals surface area contributed by atoms with Gasteiger partial charge in [0.15, 0.2) is 5.96 Å². The lowest BCUT2D eigenvalue weighted by Crippen LogP contribution is -2.53. The Balaban J connectivity index is 0.00000256. The molecule has 1 aromatic carbocycles. The Kier molecular flexibility index (Phi) is 8.64. The second-order valence-electron chi connectivity index (χ2n) is 7.52. The Morgan fingerprint density at radius 3 is 2.70 bits per heavy atom. The summed E-state index contributed by atoms with van der Waals surface area (Å²) in [6.45, 7) is 8.07. The molecule has 4 rings (SSSR count). The van der Waals surface area contributed by atoms with E-state index in [2.05, 4.69) is 48.6 Å². The quantitative estimate of drug-likeness (QED) is 0.358. The van der Waals surface area contributed by atoms with Crippen molar-refractivity contribution in [3.63, 3.8) is 0 Å². The molecule has 6 nitrogen and oxygen atoms in total. The number of nitrogens with one attached hydrogen (secondary N) is 1. The van der Waals surface area contributed by atoms with Crippen LogP contribution in [0.5, 0.6) is 5.75 Å². The molecule has 0 spiro atoms. The summed E-state index contributed by atoms with van der Waals surface area (Å²) in [6, 6.07) is 10.5. The average molecular weight is 542 g/mol. The predicted molar refractivity (Wildman–Crippen MR) is 137 cm³/mol. The first-order valence-corrected chi connectivity index (χ1v) is 11.3. The number of fused-ring (bicyclic) bond motifs is 1. The van der Waals surface area contributed by atoms with Crippen LogP contribution in [0.25, 0.3) is 0 Å². The number of hydrogen-bond acceptors (Lipinski definition) is 5. The van der Waals surface area contributed by atoms with Crippen LogP contribution in [0.3, 0.4) is 0 Å². The minimum atomic E-state index is 0.